The predicted molar refractivity (Wildman–Crippen MR) is 87.7 cm³/mol. The molecular weight excluding hydrogens is 338 g/mol. The van der Waals surface area contributed by atoms with Crippen molar-refractivity contribution >= 4 is 27.5 Å². The first-order valence-corrected chi connectivity index (χ1v) is 7.80. The average molecular weight is 355 g/mol. The molecule has 4 heteroatoms. The van der Waals surface area contributed by atoms with E-state index in [4.69, 9.17) is 16.3 Å². The largest absolute Gasteiger partial charge is 0.456 e. The second-order valence-electron chi connectivity index (χ2n) is 4.43. The van der Waals surface area contributed by atoms with Crippen LogP contribution < -0.4 is 10.1 Å². The quantitative estimate of drug-likeness (QED) is 0.702. The van der Waals surface area contributed by atoms with Crippen LogP contribution in [0.2, 0.25) is 5.02 Å². The van der Waals surface area contributed by atoms with Crippen molar-refractivity contribution in [3.05, 3.63) is 57.5 Å². The monoisotopic (exact) mass is 353 g/mol. The van der Waals surface area contributed by atoms with Gasteiger partial charge >= 0.3 is 0 Å². The van der Waals surface area contributed by atoms with E-state index >= 15 is 0 Å². The molecule has 0 fully saturated rings. The van der Waals surface area contributed by atoms with Crippen LogP contribution in [0.3, 0.4) is 0 Å². The van der Waals surface area contributed by atoms with Crippen LogP contribution in [0.5, 0.6) is 11.5 Å². The highest BCUT2D eigenvalue weighted by atomic mass is 79.9. The van der Waals surface area contributed by atoms with E-state index in [0.717, 1.165) is 39.5 Å². The number of hydrogen-bond acceptors (Lipinski definition) is 2. The molecule has 0 unspecified atom stereocenters. The zero-order chi connectivity index (χ0) is 14.4. The molecule has 0 saturated carbocycles. The van der Waals surface area contributed by atoms with Gasteiger partial charge in [-0.1, -0.05) is 36.7 Å². The topological polar surface area (TPSA) is 21.3 Å². The molecule has 0 aliphatic carbocycles. The molecule has 2 aromatic carbocycles. The standard InChI is InChI=1S/C16H17BrClNO/c1-2-10-19-11-12-14(18)7-5-9-15(12)20-16-8-4-3-6-13(16)17/h3-9,19H,2,10-11H2,1H3. The summed E-state index contributed by atoms with van der Waals surface area (Å²) in [5.41, 5.74) is 0.985. The van der Waals surface area contributed by atoms with E-state index in [2.05, 4.69) is 28.2 Å². The molecule has 0 aliphatic heterocycles. The van der Waals surface area contributed by atoms with Crippen LogP contribution in [0.4, 0.5) is 0 Å². The molecular formula is C16H17BrClNO. The summed E-state index contributed by atoms with van der Waals surface area (Å²) in [6.45, 7) is 3.80. The Hall–Kier alpha value is -1.03. The van der Waals surface area contributed by atoms with Gasteiger partial charge in [0.05, 0.1) is 4.47 Å². The molecule has 106 valence electrons. The number of rotatable bonds is 6. The summed E-state index contributed by atoms with van der Waals surface area (Å²) >= 11 is 9.77. The highest BCUT2D eigenvalue weighted by Crippen LogP contribution is 2.33. The Bertz CT molecular complexity index is 574. The maximum atomic E-state index is 6.28. The predicted octanol–water partition coefficient (Wildman–Crippen LogP) is 5.39. The third kappa shape index (κ3) is 3.98. The molecule has 0 saturated heterocycles. The van der Waals surface area contributed by atoms with Crippen molar-refractivity contribution in [1.82, 2.24) is 5.32 Å². The number of nitrogens with one attached hydrogen (secondary N) is 1. The first kappa shape index (κ1) is 15.4. The van der Waals surface area contributed by atoms with Crippen molar-refractivity contribution in [2.45, 2.75) is 19.9 Å². The van der Waals surface area contributed by atoms with E-state index in [-0.39, 0.29) is 0 Å². The summed E-state index contributed by atoms with van der Waals surface area (Å²) in [4.78, 5) is 0. The second kappa shape index (κ2) is 7.67. The van der Waals surface area contributed by atoms with Gasteiger partial charge in [-0.25, -0.2) is 0 Å². The maximum Gasteiger partial charge on any atom is 0.141 e. The molecule has 2 rings (SSSR count). The van der Waals surface area contributed by atoms with Crippen LogP contribution in [0.25, 0.3) is 0 Å². The van der Waals surface area contributed by atoms with Crippen LogP contribution in [0, 0.1) is 0 Å². The maximum absolute atomic E-state index is 6.28. The number of halogens is 2. The molecule has 0 atom stereocenters. The summed E-state index contributed by atoms with van der Waals surface area (Å²) in [7, 11) is 0. The van der Waals surface area contributed by atoms with E-state index in [0.29, 0.717) is 6.54 Å². The summed E-state index contributed by atoms with van der Waals surface area (Å²) < 4.78 is 6.90. The van der Waals surface area contributed by atoms with Gasteiger partial charge in [0, 0.05) is 17.1 Å². The summed E-state index contributed by atoms with van der Waals surface area (Å²) in [5.74, 6) is 1.57. The van der Waals surface area contributed by atoms with E-state index in [1.807, 2.05) is 42.5 Å². The molecule has 0 heterocycles. The number of hydrogen-bond donors (Lipinski definition) is 1. The van der Waals surface area contributed by atoms with Gasteiger partial charge in [0.1, 0.15) is 11.5 Å². The van der Waals surface area contributed by atoms with E-state index in [9.17, 15) is 0 Å². The second-order valence-corrected chi connectivity index (χ2v) is 5.69. The zero-order valence-corrected chi connectivity index (χ0v) is 13.7. The van der Waals surface area contributed by atoms with Crippen molar-refractivity contribution in [2.75, 3.05) is 6.54 Å². The Labute approximate surface area is 133 Å². The van der Waals surface area contributed by atoms with E-state index in [1.165, 1.54) is 0 Å². The van der Waals surface area contributed by atoms with Crippen LogP contribution in [0.1, 0.15) is 18.9 Å². The molecule has 0 radical (unpaired) electrons. The van der Waals surface area contributed by atoms with Gasteiger partial charge in [0.2, 0.25) is 0 Å². The minimum Gasteiger partial charge on any atom is -0.456 e. The van der Waals surface area contributed by atoms with Gasteiger partial charge in [-0.2, -0.15) is 0 Å². The molecule has 2 nitrogen and oxygen atoms in total. The summed E-state index contributed by atoms with van der Waals surface area (Å²) in [6, 6.07) is 13.5. The lowest BCUT2D eigenvalue weighted by Gasteiger charge is -2.14. The highest BCUT2D eigenvalue weighted by molar-refractivity contribution is 9.10. The third-order valence-electron chi connectivity index (χ3n) is 2.86. The van der Waals surface area contributed by atoms with Crippen molar-refractivity contribution in [3.63, 3.8) is 0 Å². The molecule has 2 aromatic rings. The molecule has 20 heavy (non-hydrogen) atoms. The van der Waals surface area contributed by atoms with Gasteiger partial charge in [-0.15, -0.1) is 0 Å². The molecule has 0 aliphatic rings. The molecule has 0 amide bonds. The summed E-state index contributed by atoms with van der Waals surface area (Å²) in [6.07, 6.45) is 1.09. The lowest BCUT2D eigenvalue weighted by molar-refractivity contribution is 0.470. The fourth-order valence-corrected chi connectivity index (χ4v) is 2.44. The van der Waals surface area contributed by atoms with Gasteiger partial charge in [-0.3, -0.25) is 0 Å². The Morgan fingerprint density at radius 1 is 1.10 bits per heavy atom. The van der Waals surface area contributed by atoms with Crippen molar-refractivity contribution in [1.29, 1.82) is 0 Å². The van der Waals surface area contributed by atoms with Crippen LogP contribution in [-0.4, -0.2) is 6.54 Å². The minimum atomic E-state index is 0.702. The van der Waals surface area contributed by atoms with Crippen LogP contribution in [0.15, 0.2) is 46.9 Å². The van der Waals surface area contributed by atoms with Crippen molar-refractivity contribution in [3.8, 4) is 11.5 Å². The number of ether oxygens (including phenoxy) is 1. The Kier molecular flexibility index (Phi) is 5.89. The van der Waals surface area contributed by atoms with Crippen LogP contribution in [-0.2, 0) is 6.54 Å². The molecule has 1 N–H and O–H groups in total. The Morgan fingerprint density at radius 2 is 1.85 bits per heavy atom. The fourth-order valence-electron chi connectivity index (χ4n) is 1.84. The normalized spacial score (nSPS) is 10.6. The minimum absolute atomic E-state index is 0.702. The first-order valence-electron chi connectivity index (χ1n) is 6.63. The highest BCUT2D eigenvalue weighted by Gasteiger charge is 2.10. The van der Waals surface area contributed by atoms with E-state index < -0.39 is 0 Å². The third-order valence-corrected chi connectivity index (χ3v) is 3.87. The zero-order valence-electron chi connectivity index (χ0n) is 11.3. The van der Waals surface area contributed by atoms with Gasteiger partial charge in [0.25, 0.3) is 0 Å². The number of para-hydroxylation sites is 1. The SMILES string of the molecule is CCCNCc1c(Cl)cccc1Oc1ccccc1Br. The van der Waals surface area contributed by atoms with Crippen molar-refractivity contribution < 1.29 is 4.74 Å². The fraction of sp³-hybridized carbons (Fsp3) is 0.250. The van der Waals surface area contributed by atoms with Crippen molar-refractivity contribution in [2.24, 2.45) is 0 Å². The Morgan fingerprint density at radius 3 is 2.60 bits per heavy atom. The summed E-state index contributed by atoms with van der Waals surface area (Å²) in [5, 5.41) is 4.08. The van der Waals surface area contributed by atoms with Gasteiger partial charge in [0.15, 0.2) is 0 Å². The first-order chi connectivity index (χ1) is 9.72. The lowest BCUT2D eigenvalue weighted by Crippen LogP contribution is -2.14. The van der Waals surface area contributed by atoms with Crippen LogP contribution >= 0.6 is 27.5 Å². The van der Waals surface area contributed by atoms with E-state index in [1.54, 1.807) is 0 Å². The lowest BCUT2D eigenvalue weighted by atomic mass is 10.2. The molecule has 0 bridgehead atoms. The Balaban J connectivity index is 2.23. The molecule has 0 aromatic heterocycles. The smallest absolute Gasteiger partial charge is 0.141 e. The van der Waals surface area contributed by atoms with Gasteiger partial charge in [-0.05, 0) is 53.2 Å². The average Bonchev–Trinajstić information content (AvgIpc) is 2.44. The van der Waals surface area contributed by atoms with Gasteiger partial charge < -0.3 is 10.1 Å². The molecule has 0 spiro atoms. The number of benzene rings is 2.